The summed E-state index contributed by atoms with van der Waals surface area (Å²) in [7, 11) is 3.29. The van der Waals surface area contributed by atoms with Gasteiger partial charge in [0.25, 0.3) is 5.91 Å². The van der Waals surface area contributed by atoms with E-state index in [0.29, 0.717) is 35.4 Å². The molecule has 1 N–H and O–H groups in total. The van der Waals surface area contributed by atoms with Crippen LogP contribution in [0.5, 0.6) is 11.5 Å². The topological polar surface area (TPSA) is 91.7 Å². The molecule has 0 saturated carbocycles. The van der Waals surface area contributed by atoms with E-state index < -0.39 is 18.5 Å². The highest BCUT2D eigenvalue weighted by atomic mass is 16.5. The first-order valence-corrected chi connectivity index (χ1v) is 9.01. The molecule has 0 spiro atoms. The number of aryl methyl sites for hydroxylation is 2. The van der Waals surface area contributed by atoms with E-state index in [1.165, 1.54) is 13.2 Å². The standard InChI is InChI=1S/C20H27N3O5/c1-12(2)10-27-16-8-7-15(9-17(16)26-6)20(25)28-11-18(24)21-19-13(3)22-23(5)14(19)4/h7-9,12H,10-11H2,1-6H3,(H,21,24). The average molecular weight is 389 g/mol. The number of amides is 1. The van der Waals surface area contributed by atoms with E-state index in [2.05, 4.69) is 10.4 Å². The Kier molecular flexibility index (Phi) is 7.03. The van der Waals surface area contributed by atoms with Crippen molar-refractivity contribution in [2.75, 3.05) is 25.6 Å². The summed E-state index contributed by atoms with van der Waals surface area (Å²) in [6.45, 7) is 7.85. The van der Waals surface area contributed by atoms with Gasteiger partial charge in [-0.1, -0.05) is 13.8 Å². The zero-order valence-corrected chi connectivity index (χ0v) is 17.2. The molecule has 1 aromatic heterocycles. The number of esters is 1. The van der Waals surface area contributed by atoms with Crippen LogP contribution in [0.15, 0.2) is 18.2 Å². The quantitative estimate of drug-likeness (QED) is 0.698. The van der Waals surface area contributed by atoms with Gasteiger partial charge in [-0.05, 0) is 38.0 Å². The maximum absolute atomic E-state index is 12.3. The summed E-state index contributed by atoms with van der Waals surface area (Å²) >= 11 is 0. The largest absolute Gasteiger partial charge is 0.493 e. The summed E-state index contributed by atoms with van der Waals surface area (Å²) in [6, 6.07) is 4.76. The second-order valence-corrected chi connectivity index (χ2v) is 6.86. The molecule has 0 radical (unpaired) electrons. The zero-order chi connectivity index (χ0) is 20.8. The Hall–Kier alpha value is -3.03. The van der Waals surface area contributed by atoms with E-state index in [4.69, 9.17) is 14.2 Å². The van der Waals surface area contributed by atoms with Crippen molar-refractivity contribution >= 4 is 17.6 Å². The van der Waals surface area contributed by atoms with Crippen LogP contribution in [-0.2, 0) is 16.6 Å². The number of carbonyl (C=O) groups is 2. The van der Waals surface area contributed by atoms with Crippen LogP contribution in [0.4, 0.5) is 5.69 Å². The highest BCUT2D eigenvalue weighted by molar-refractivity contribution is 5.96. The number of ether oxygens (including phenoxy) is 3. The minimum Gasteiger partial charge on any atom is -0.493 e. The number of aromatic nitrogens is 2. The lowest BCUT2D eigenvalue weighted by atomic mass is 10.2. The highest BCUT2D eigenvalue weighted by Crippen LogP contribution is 2.28. The van der Waals surface area contributed by atoms with Crippen molar-refractivity contribution in [3.05, 3.63) is 35.2 Å². The molecule has 152 valence electrons. The first-order valence-electron chi connectivity index (χ1n) is 9.01. The summed E-state index contributed by atoms with van der Waals surface area (Å²) in [5, 5.41) is 6.95. The van der Waals surface area contributed by atoms with Gasteiger partial charge in [-0.25, -0.2) is 4.79 Å². The minimum absolute atomic E-state index is 0.273. The number of hydrogen-bond donors (Lipinski definition) is 1. The number of carbonyl (C=O) groups excluding carboxylic acids is 2. The van der Waals surface area contributed by atoms with Crippen LogP contribution in [0, 0.1) is 19.8 Å². The smallest absolute Gasteiger partial charge is 0.338 e. The predicted octanol–water partition coefficient (Wildman–Crippen LogP) is 2.88. The average Bonchev–Trinajstić information content (AvgIpc) is 2.90. The van der Waals surface area contributed by atoms with Crippen LogP contribution in [0.25, 0.3) is 0 Å². The molecule has 0 fully saturated rings. The van der Waals surface area contributed by atoms with Gasteiger partial charge in [-0.3, -0.25) is 9.48 Å². The van der Waals surface area contributed by atoms with Crippen molar-refractivity contribution in [3.8, 4) is 11.5 Å². The van der Waals surface area contributed by atoms with E-state index in [1.807, 2.05) is 20.8 Å². The fraction of sp³-hybridized carbons (Fsp3) is 0.450. The van der Waals surface area contributed by atoms with Gasteiger partial charge < -0.3 is 19.5 Å². The van der Waals surface area contributed by atoms with Gasteiger partial charge in [0.05, 0.1) is 36.4 Å². The third-order valence-corrected chi connectivity index (χ3v) is 4.08. The molecule has 2 aromatic rings. The first-order chi connectivity index (χ1) is 13.2. The summed E-state index contributed by atoms with van der Waals surface area (Å²) in [5.41, 5.74) is 2.41. The fourth-order valence-electron chi connectivity index (χ4n) is 2.51. The monoisotopic (exact) mass is 389 g/mol. The van der Waals surface area contributed by atoms with Crippen LogP contribution in [-0.4, -0.2) is 42.0 Å². The number of anilines is 1. The van der Waals surface area contributed by atoms with Crippen molar-refractivity contribution in [1.82, 2.24) is 9.78 Å². The molecule has 0 bridgehead atoms. The van der Waals surface area contributed by atoms with Gasteiger partial charge in [-0.2, -0.15) is 5.10 Å². The number of benzene rings is 1. The van der Waals surface area contributed by atoms with Crippen LogP contribution in [0.2, 0.25) is 0 Å². The summed E-state index contributed by atoms with van der Waals surface area (Å²) in [4.78, 5) is 24.4. The van der Waals surface area contributed by atoms with Crippen molar-refractivity contribution < 1.29 is 23.8 Å². The number of hydrogen-bond acceptors (Lipinski definition) is 6. The van der Waals surface area contributed by atoms with E-state index in [-0.39, 0.29) is 5.56 Å². The molecule has 0 atom stereocenters. The molecule has 2 rings (SSSR count). The Morgan fingerprint density at radius 3 is 2.50 bits per heavy atom. The molecule has 0 saturated heterocycles. The molecule has 0 aliphatic carbocycles. The van der Waals surface area contributed by atoms with Crippen LogP contribution < -0.4 is 14.8 Å². The van der Waals surface area contributed by atoms with E-state index in [0.717, 1.165) is 5.69 Å². The molecule has 1 amide bonds. The van der Waals surface area contributed by atoms with Crippen molar-refractivity contribution in [1.29, 1.82) is 0 Å². The fourth-order valence-corrected chi connectivity index (χ4v) is 2.51. The Morgan fingerprint density at radius 1 is 1.21 bits per heavy atom. The molecule has 0 aliphatic rings. The van der Waals surface area contributed by atoms with Crippen LogP contribution in [0.1, 0.15) is 35.6 Å². The molecular weight excluding hydrogens is 362 g/mol. The van der Waals surface area contributed by atoms with Gasteiger partial charge >= 0.3 is 5.97 Å². The maximum Gasteiger partial charge on any atom is 0.338 e. The van der Waals surface area contributed by atoms with Gasteiger partial charge in [0.15, 0.2) is 18.1 Å². The summed E-state index contributed by atoms with van der Waals surface area (Å²) in [6.07, 6.45) is 0. The van der Waals surface area contributed by atoms with Gasteiger partial charge in [0.1, 0.15) is 0 Å². The summed E-state index contributed by atoms with van der Waals surface area (Å²) in [5.74, 6) is 0.286. The minimum atomic E-state index is -0.622. The van der Waals surface area contributed by atoms with Gasteiger partial charge in [0, 0.05) is 7.05 Å². The highest BCUT2D eigenvalue weighted by Gasteiger charge is 2.16. The molecule has 0 unspecified atom stereocenters. The molecule has 1 aromatic carbocycles. The maximum atomic E-state index is 12.3. The number of nitrogens with zero attached hydrogens (tertiary/aromatic N) is 2. The van der Waals surface area contributed by atoms with Crippen molar-refractivity contribution in [3.63, 3.8) is 0 Å². The lowest BCUT2D eigenvalue weighted by molar-refractivity contribution is -0.119. The third kappa shape index (κ3) is 5.25. The molecule has 0 aliphatic heterocycles. The number of methoxy groups -OCH3 is 1. The lowest BCUT2D eigenvalue weighted by Gasteiger charge is -2.13. The van der Waals surface area contributed by atoms with Crippen LogP contribution in [0.3, 0.4) is 0 Å². The third-order valence-electron chi connectivity index (χ3n) is 4.08. The van der Waals surface area contributed by atoms with E-state index in [9.17, 15) is 9.59 Å². The Labute approximate surface area is 164 Å². The Bertz CT molecular complexity index is 858. The van der Waals surface area contributed by atoms with Gasteiger partial charge in [-0.15, -0.1) is 0 Å². The van der Waals surface area contributed by atoms with E-state index >= 15 is 0 Å². The SMILES string of the molecule is COc1cc(C(=O)OCC(=O)Nc2c(C)nn(C)c2C)ccc1OCC(C)C. The first kappa shape index (κ1) is 21.3. The zero-order valence-electron chi connectivity index (χ0n) is 17.2. The second kappa shape index (κ2) is 9.25. The molecule has 8 nitrogen and oxygen atoms in total. The normalized spacial score (nSPS) is 10.7. The van der Waals surface area contributed by atoms with Gasteiger partial charge in [0.2, 0.25) is 0 Å². The van der Waals surface area contributed by atoms with Crippen molar-refractivity contribution in [2.45, 2.75) is 27.7 Å². The molecular formula is C20H27N3O5. The second-order valence-electron chi connectivity index (χ2n) is 6.86. The molecule has 28 heavy (non-hydrogen) atoms. The van der Waals surface area contributed by atoms with E-state index in [1.54, 1.807) is 30.8 Å². The lowest BCUT2D eigenvalue weighted by Crippen LogP contribution is -2.21. The summed E-state index contributed by atoms with van der Waals surface area (Å²) < 4.78 is 17.7. The Balaban J connectivity index is 1.97. The predicted molar refractivity (Wildman–Crippen MR) is 105 cm³/mol. The molecule has 8 heteroatoms. The van der Waals surface area contributed by atoms with Crippen LogP contribution >= 0.6 is 0 Å². The van der Waals surface area contributed by atoms with Crippen molar-refractivity contribution in [2.24, 2.45) is 13.0 Å². The molecule has 1 heterocycles. The number of rotatable bonds is 8. The Morgan fingerprint density at radius 2 is 1.93 bits per heavy atom. The number of nitrogens with one attached hydrogen (secondary N) is 1.